The topological polar surface area (TPSA) is 73.2 Å². The Hall–Kier alpha value is -3.65. The Bertz CT molecular complexity index is 1420. The molecule has 6 nitrogen and oxygen atoms in total. The van der Waals surface area contributed by atoms with Crippen LogP contribution in [0.2, 0.25) is 0 Å². The van der Waals surface area contributed by atoms with Gasteiger partial charge in [-0.2, -0.15) is 0 Å². The van der Waals surface area contributed by atoms with E-state index < -0.39 is 0 Å². The van der Waals surface area contributed by atoms with Crippen LogP contribution in [0, 0.1) is 11.7 Å². The van der Waals surface area contributed by atoms with Gasteiger partial charge in [0.1, 0.15) is 11.6 Å². The van der Waals surface area contributed by atoms with E-state index in [4.69, 9.17) is 9.72 Å². The van der Waals surface area contributed by atoms with Crippen LogP contribution < -0.4 is 15.6 Å². The van der Waals surface area contributed by atoms with Gasteiger partial charge in [0.25, 0.3) is 11.5 Å². The number of rotatable bonds is 8. The highest BCUT2D eigenvalue weighted by atomic mass is 32.2. The van der Waals surface area contributed by atoms with E-state index in [1.165, 1.54) is 22.4 Å². The van der Waals surface area contributed by atoms with Crippen LogP contribution in [0.4, 0.5) is 4.39 Å². The van der Waals surface area contributed by atoms with Gasteiger partial charge in [0.2, 0.25) is 0 Å². The van der Waals surface area contributed by atoms with Crippen molar-refractivity contribution in [3.05, 3.63) is 94.0 Å². The Balaban J connectivity index is 1.80. The molecular formula is C27H26FN3O3S. The molecule has 1 heterocycles. The highest BCUT2D eigenvalue weighted by Crippen LogP contribution is 2.26. The van der Waals surface area contributed by atoms with E-state index in [2.05, 4.69) is 5.32 Å². The lowest BCUT2D eigenvalue weighted by Crippen LogP contribution is -2.27. The lowest BCUT2D eigenvalue weighted by Gasteiger charge is -2.14. The number of fused-ring (bicyclic) bond motifs is 1. The smallest absolute Gasteiger partial charge is 0.266 e. The minimum absolute atomic E-state index is 0.220. The number of benzene rings is 3. The number of ether oxygens (including phenoxy) is 1. The number of halogens is 1. The number of aromatic nitrogens is 2. The van der Waals surface area contributed by atoms with Gasteiger partial charge in [-0.15, -0.1) is 0 Å². The average Bonchev–Trinajstić information content (AvgIpc) is 2.86. The summed E-state index contributed by atoms with van der Waals surface area (Å²) in [6.45, 7) is 4.58. The van der Waals surface area contributed by atoms with Crippen molar-refractivity contribution >= 4 is 28.6 Å². The second-order valence-corrected chi connectivity index (χ2v) is 9.39. The van der Waals surface area contributed by atoms with Gasteiger partial charge in [0, 0.05) is 17.9 Å². The van der Waals surface area contributed by atoms with Gasteiger partial charge >= 0.3 is 0 Å². The summed E-state index contributed by atoms with van der Waals surface area (Å²) in [6, 6.07) is 18.5. The van der Waals surface area contributed by atoms with Crippen molar-refractivity contribution in [3.8, 4) is 11.4 Å². The fraction of sp³-hybridized carbons (Fsp3) is 0.222. The van der Waals surface area contributed by atoms with Crippen molar-refractivity contribution in [2.45, 2.75) is 24.8 Å². The van der Waals surface area contributed by atoms with E-state index in [0.29, 0.717) is 51.1 Å². The van der Waals surface area contributed by atoms with Crippen LogP contribution in [-0.2, 0) is 5.75 Å². The van der Waals surface area contributed by atoms with Crippen molar-refractivity contribution in [1.29, 1.82) is 0 Å². The molecule has 0 aliphatic carbocycles. The summed E-state index contributed by atoms with van der Waals surface area (Å²) in [4.78, 5) is 30.9. The molecule has 0 saturated heterocycles. The van der Waals surface area contributed by atoms with Crippen molar-refractivity contribution in [2.75, 3.05) is 13.7 Å². The molecule has 0 radical (unpaired) electrons. The molecule has 0 saturated carbocycles. The van der Waals surface area contributed by atoms with Crippen molar-refractivity contribution in [3.63, 3.8) is 0 Å². The maximum absolute atomic E-state index is 14.2. The standard InChI is InChI=1S/C27H26FN3O3S/c1-17(2)15-29-25(32)18-8-13-22-24(14-18)30-27(35-16-19-6-4-5-7-23(19)28)31(26(22)33)20-9-11-21(34-3)12-10-20/h4-14,17H,15-16H2,1-3H3,(H,29,32). The molecule has 1 amide bonds. The van der Waals surface area contributed by atoms with Crippen LogP contribution >= 0.6 is 11.8 Å². The Morgan fingerprint density at radius 3 is 2.54 bits per heavy atom. The predicted octanol–water partition coefficient (Wildman–Crippen LogP) is 5.21. The van der Waals surface area contributed by atoms with E-state index in [9.17, 15) is 14.0 Å². The van der Waals surface area contributed by atoms with Crippen molar-refractivity contribution in [2.24, 2.45) is 5.92 Å². The first-order chi connectivity index (χ1) is 16.9. The third kappa shape index (κ3) is 5.54. The molecule has 8 heteroatoms. The van der Waals surface area contributed by atoms with E-state index in [-0.39, 0.29) is 23.0 Å². The summed E-state index contributed by atoms with van der Waals surface area (Å²) >= 11 is 1.26. The molecule has 0 spiro atoms. The van der Waals surface area contributed by atoms with Crippen LogP contribution in [-0.4, -0.2) is 29.1 Å². The van der Waals surface area contributed by atoms with Gasteiger partial charge in [0.05, 0.1) is 23.7 Å². The SMILES string of the molecule is COc1ccc(-n2c(SCc3ccccc3F)nc3cc(C(=O)NCC(C)C)ccc3c2=O)cc1. The fourth-order valence-electron chi connectivity index (χ4n) is 3.52. The van der Waals surface area contributed by atoms with Crippen LogP contribution in [0.3, 0.4) is 0 Å². The lowest BCUT2D eigenvalue weighted by molar-refractivity contribution is 0.0949. The van der Waals surface area contributed by atoms with Crippen LogP contribution in [0.5, 0.6) is 5.75 Å². The first kappa shape index (κ1) is 24.5. The van der Waals surface area contributed by atoms with Crippen LogP contribution in [0.1, 0.15) is 29.8 Å². The molecular weight excluding hydrogens is 465 g/mol. The number of carbonyl (C=O) groups is 1. The van der Waals surface area contributed by atoms with E-state index >= 15 is 0 Å². The first-order valence-electron chi connectivity index (χ1n) is 11.2. The quantitative estimate of drug-likeness (QED) is 0.271. The Morgan fingerprint density at radius 2 is 1.86 bits per heavy atom. The summed E-state index contributed by atoms with van der Waals surface area (Å²) in [5, 5.41) is 3.67. The summed E-state index contributed by atoms with van der Waals surface area (Å²) in [7, 11) is 1.57. The molecule has 0 aliphatic heterocycles. The van der Waals surface area contributed by atoms with Crippen molar-refractivity contribution in [1.82, 2.24) is 14.9 Å². The molecule has 4 aromatic rings. The Labute approximate surface area is 207 Å². The molecule has 35 heavy (non-hydrogen) atoms. The van der Waals surface area contributed by atoms with Gasteiger partial charge in [-0.1, -0.05) is 43.8 Å². The maximum atomic E-state index is 14.2. The van der Waals surface area contributed by atoms with Gasteiger partial charge in [-0.05, 0) is 60.0 Å². The number of amides is 1. The lowest BCUT2D eigenvalue weighted by atomic mass is 10.1. The summed E-state index contributed by atoms with van der Waals surface area (Å²) < 4.78 is 21.0. The second-order valence-electron chi connectivity index (χ2n) is 8.45. The normalized spacial score (nSPS) is 11.1. The molecule has 1 aromatic heterocycles. The molecule has 0 fully saturated rings. The number of nitrogens with zero attached hydrogens (tertiary/aromatic N) is 2. The third-order valence-electron chi connectivity index (χ3n) is 5.42. The number of nitrogens with one attached hydrogen (secondary N) is 1. The van der Waals surface area contributed by atoms with E-state index in [0.717, 1.165) is 0 Å². The predicted molar refractivity (Wildman–Crippen MR) is 137 cm³/mol. The number of thioether (sulfide) groups is 1. The molecule has 0 bridgehead atoms. The molecule has 0 aliphatic rings. The van der Waals surface area contributed by atoms with Gasteiger partial charge in [0.15, 0.2) is 5.16 Å². The van der Waals surface area contributed by atoms with Crippen LogP contribution in [0.25, 0.3) is 16.6 Å². The molecule has 4 rings (SSSR count). The molecule has 180 valence electrons. The monoisotopic (exact) mass is 491 g/mol. The largest absolute Gasteiger partial charge is 0.497 e. The Morgan fingerprint density at radius 1 is 1.11 bits per heavy atom. The molecule has 3 aromatic carbocycles. The molecule has 1 N–H and O–H groups in total. The zero-order valence-electron chi connectivity index (χ0n) is 19.7. The van der Waals surface area contributed by atoms with E-state index in [1.807, 2.05) is 13.8 Å². The highest BCUT2D eigenvalue weighted by molar-refractivity contribution is 7.98. The Kier molecular flexibility index (Phi) is 7.51. The van der Waals surface area contributed by atoms with Gasteiger partial charge in [-0.3, -0.25) is 14.2 Å². The summed E-state index contributed by atoms with van der Waals surface area (Å²) in [5.41, 5.74) is 1.69. The summed E-state index contributed by atoms with van der Waals surface area (Å²) in [6.07, 6.45) is 0. The van der Waals surface area contributed by atoms with Crippen molar-refractivity contribution < 1.29 is 13.9 Å². The maximum Gasteiger partial charge on any atom is 0.266 e. The minimum atomic E-state index is -0.316. The minimum Gasteiger partial charge on any atom is -0.497 e. The average molecular weight is 492 g/mol. The first-order valence-corrected chi connectivity index (χ1v) is 12.2. The zero-order valence-corrected chi connectivity index (χ0v) is 20.6. The molecule has 0 unspecified atom stereocenters. The third-order valence-corrected chi connectivity index (χ3v) is 6.40. The van der Waals surface area contributed by atoms with Crippen LogP contribution in [0.15, 0.2) is 76.7 Å². The van der Waals surface area contributed by atoms with Gasteiger partial charge < -0.3 is 10.1 Å². The van der Waals surface area contributed by atoms with Gasteiger partial charge in [-0.25, -0.2) is 9.37 Å². The highest BCUT2D eigenvalue weighted by Gasteiger charge is 2.16. The number of methoxy groups -OCH3 is 1. The fourth-order valence-corrected chi connectivity index (χ4v) is 4.52. The number of hydrogen-bond acceptors (Lipinski definition) is 5. The molecule has 0 atom stereocenters. The second kappa shape index (κ2) is 10.7. The zero-order chi connectivity index (χ0) is 24.9. The van der Waals surface area contributed by atoms with E-state index in [1.54, 1.807) is 67.8 Å². The number of carbonyl (C=O) groups excluding carboxylic acids is 1. The number of hydrogen-bond donors (Lipinski definition) is 1. The summed E-state index contributed by atoms with van der Waals surface area (Å²) in [5.74, 6) is 0.726.